The summed E-state index contributed by atoms with van der Waals surface area (Å²) in [4.78, 5) is 15.3. The number of aromatic nitrogens is 3. The third-order valence-corrected chi connectivity index (χ3v) is 4.78. The Labute approximate surface area is 181 Å². The van der Waals surface area contributed by atoms with Crippen molar-refractivity contribution in [1.82, 2.24) is 14.8 Å². The molecular weight excluding hydrogens is 461 g/mol. The molecule has 0 spiro atoms. The van der Waals surface area contributed by atoms with Gasteiger partial charge in [-0.2, -0.15) is 23.3 Å². The van der Waals surface area contributed by atoms with E-state index in [0.717, 1.165) is 16.9 Å². The lowest BCUT2D eigenvalue weighted by atomic mass is 9.93. The minimum Gasteiger partial charge on any atom is -0.376 e. The third-order valence-electron chi connectivity index (χ3n) is 4.78. The van der Waals surface area contributed by atoms with Gasteiger partial charge >= 0.3 is 6.18 Å². The average Bonchev–Trinajstić information content (AvgIpc) is 2.69. The lowest BCUT2D eigenvalue weighted by Crippen LogP contribution is -2.40. The van der Waals surface area contributed by atoms with E-state index in [1.807, 2.05) is 0 Å². The first-order valence-electron chi connectivity index (χ1n) is 9.15. The number of anilines is 2. The maximum atomic E-state index is 14.3. The number of nitrogens with one attached hydrogen (secondary N) is 1. The third kappa shape index (κ3) is 4.82. The highest BCUT2D eigenvalue weighted by Gasteiger charge is 2.52. The zero-order chi connectivity index (χ0) is 24.7. The van der Waals surface area contributed by atoms with Crippen LogP contribution in [0.1, 0.15) is 23.6 Å². The maximum absolute atomic E-state index is 14.3. The Balaban J connectivity index is 2.05. The largest absolute Gasteiger partial charge is 0.421 e. The molecular formula is C20H15F7N4O2. The van der Waals surface area contributed by atoms with E-state index in [9.17, 15) is 40.6 Å². The lowest BCUT2D eigenvalue weighted by molar-refractivity contribution is -0.259. The van der Waals surface area contributed by atoms with Crippen LogP contribution in [0, 0.1) is 30.2 Å². The highest BCUT2D eigenvalue weighted by atomic mass is 19.4. The first-order chi connectivity index (χ1) is 15.2. The van der Waals surface area contributed by atoms with E-state index in [2.05, 4.69) is 15.4 Å². The summed E-state index contributed by atoms with van der Waals surface area (Å²) >= 11 is 0. The molecule has 0 fully saturated rings. The van der Waals surface area contributed by atoms with E-state index in [-0.39, 0.29) is 22.8 Å². The van der Waals surface area contributed by atoms with Crippen molar-refractivity contribution in [2.24, 2.45) is 0 Å². The second-order valence-electron chi connectivity index (χ2n) is 7.29. The molecule has 1 atom stereocenters. The molecule has 0 amide bonds. The SMILES string of the molecule is Cc1cc(F)c(C(C)(O)C(F)(F)F)cc1Nc1nc(=O)cnn1Cc1cc(F)c(F)c(F)c1. The summed E-state index contributed by atoms with van der Waals surface area (Å²) in [6.07, 6.45) is -4.44. The van der Waals surface area contributed by atoms with Gasteiger partial charge in [-0.15, -0.1) is 0 Å². The number of aryl methyl sites for hydroxylation is 1. The van der Waals surface area contributed by atoms with Gasteiger partial charge < -0.3 is 10.4 Å². The summed E-state index contributed by atoms with van der Waals surface area (Å²) in [5.41, 5.74) is -5.69. The van der Waals surface area contributed by atoms with Crippen LogP contribution >= 0.6 is 0 Å². The normalized spacial score (nSPS) is 13.6. The predicted octanol–water partition coefficient (Wildman–Crippen LogP) is 4.06. The zero-order valence-electron chi connectivity index (χ0n) is 16.9. The smallest absolute Gasteiger partial charge is 0.376 e. The number of hydrogen-bond donors (Lipinski definition) is 2. The van der Waals surface area contributed by atoms with Gasteiger partial charge in [-0.3, -0.25) is 4.79 Å². The Morgan fingerprint density at radius 3 is 2.21 bits per heavy atom. The second-order valence-corrected chi connectivity index (χ2v) is 7.29. The lowest BCUT2D eigenvalue weighted by Gasteiger charge is -2.28. The molecule has 0 aliphatic heterocycles. The summed E-state index contributed by atoms with van der Waals surface area (Å²) in [6.45, 7) is 1.29. The van der Waals surface area contributed by atoms with E-state index in [4.69, 9.17) is 0 Å². The number of halogens is 7. The number of hydrogen-bond acceptors (Lipinski definition) is 5. The quantitative estimate of drug-likeness (QED) is 0.429. The Morgan fingerprint density at radius 1 is 1.03 bits per heavy atom. The molecule has 2 aromatic carbocycles. The van der Waals surface area contributed by atoms with Crippen molar-refractivity contribution in [1.29, 1.82) is 0 Å². The number of rotatable bonds is 5. The van der Waals surface area contributed by atoms with E-state index >= 15 is 0 Å². The summed E-state index contributed by atoms with van der Waals surface area (Å²) in [5, 5.41) is 16.1. The zero-order valence-corrected chi connectivity index (χ0v) is 16.9. The molecule has 176 valence electrons. The molecule has 0 saturated heterocycles. The molecule has 0 aliphatic carbocycles. The second kappa shape index (κ2) is 8.46. The highest BCUT2D eigenvalue weighted by Crippen LogP contribution is 2.41. The molecule has 0 aliphatic rings. The maximum Gasteiger partial charge on any atom is 0.421 e. The van der Waals surface area contributed by atoms with Crippen LogP contribution in [0.5, 0.6) is 0 Å². The van der Waals surface area contributed by atoms with Gasteiger partial charge in [0.15, 0.2) is 23.1 Å². The molecule has 3 rings (SSSR count). The van der Waals surface area contributed by atoms with E-state index < -0.39 is 52.7 Å². The standard InChI is InChI=1S/C20H15F7N4O2/c1-9-3-12(21)11(19(2,33)20(25,26)27)6-15(9)29-18-30-16(32)7-28-31(18)8-10-4-13(22)17(24)14(23)5-10/h3-7,33H,8H2,1-2H3,(H,29,30,32). The first kappa shape index (κ1) is 24.2. The summed E-state index contributed by atoms with van der Waals surface area (Å²) < 4.78 is 95.1. The molecule has 1 heterocycles. The molecule has 1 unspecified atom stereocenters. The van der Waals surface area contributed by atoms with Crippen LogP contribution in [0.3, 0.4) is 0 Å². The van der Waals surface area contributed by atoms with Gasteiger partial charge in [0.2, 0.25) is 5.95 Å². The first-order valence-corrected chi connectivity index (χ1v) is 9.15. The Bertz CT molecular complexity index is 1250. The Morgan fingerprint density at radius 2 is 1.64 bits per heavy atom. The van der Waals surface area contributed by atoms with Crippen LogP contribution in [0.25, 0.3) is 0 Å². The van der Waals surface area contributed by atoms with Crippen molar-refractivity contribution in [3.63, 3.8) is 0 Å². The number of aliphatic hydroxyl groups is 1. The molecule has 3 aromatic rings. The van der Waals surface area contributed by atoms with Gasteiger partial charge in [0.25, 0.3) is 5.56 Å². The van der Waals surface area contributed by atoms with Gasteiger partial charge in [-0.25, -0.2) is 22.2 Å². The van der Waals surface area contributed by atoms with Crippen LogP contribution in [0.4, 0.5) is 42.4 Å². The molecule has 0 radical (unpaired) electrons. The molecule has 0 saturated carbocycles. The summed E-state index contributed by atoms with van der Waals surface area (Å²) in [6, 6.07) is 2.80. The van der Waals surface area contributed by atoms with Gasteiger partial charge in [0.1, 0.15) is 12.0 Å². The van der Waals surface area contributed by atoms with Gasteiger partial charge in [0, 0.05) is 11.3 Å². The summed E-state index contributed by atoms with van der Waals surface area (Å²) in [5.74, 6) is -6.33. The molecule has 0 bridgehead atoms. The van der Waals surface area contributed by atoms with E-state index in [1.54, 1.807) is 0 Å². The fraction of sp³-hybridized carbons (Fsp3) is 0.250. The Kier molecular flexibility index (Phi) is 6.20. The van der Waals surface area contributed by atoms with E-state index in [1.165, 1.54) is 6.92 Å². The molecule has 13 heteroatoms. The fourth-order valence-corrected chi connectivity index (χ4v) is 2.90. The highest BCUT2D eigenvalue weighted by molar-refractivity contribution is 5.60. The van der Waals surface area contributed by atoms with Crippen molar-refractivity contribution < 1.29 is 35.8 Å². The van der Waals surface area contributed by atoms with Gasteiger partial charge in [0.05, 0.1) is 6.54 Å². The van der Waals surface area contributed by atoms with Crippen LogP contribution in [0.2, 0.25) is 0 Å². The number of nitrogens with zero attached hydrogens (tertiary/aromatic N) is 3. The number of benzene rings is 2. The van der Waals surface area contributed by atoms with Crippen LogP contribution in [-0.4, -0.2) is 26.0 Å². The van der Waals surface area contributed by atoms with Gasteiger partial charge in [-0.05, 0) is 49.2 Å². The van der Waals surface area contributed by atoms with Crippen LogP contribution in [0.15, 0.2) is 35.3 Å². The Hall–Kier alpha value is -3.48. The molecule has 2 N–H and O–H groups in total. The van der Waals surface area contributed by atoms with Crippen molar-refractivity contribution in [3.05, 3.63) is 80.8 Å². The minimum absolute atomic E-state index is 0.0812. The van der Waals surface area contributed by atoms with Crippen molar-refractivity contribution in [2.75, 3.05) is 5.32 Å². The van der Waals surface area contributed by atoms with Crippen LogP contribution < -0.4 is 10.9 Å². The predicted molar refractivity (Wildman–Crippen MR) is 102 cm³/mol. The van der Waals surface area contributed by atoms with Crippen molar-refractivity contribution in [3.8, 4) is 0 Å². The van der Waals surface area contributed by atoms with E-state index in [0.29, 0.717) is 25.1 Å². The minimum atomic E-state index is -5.20. The molecule has 33 heavy (non-hydrogen) atoms. The fourth-order valence-electron chi connectivity index (χ4n) is 2.90. The van der Waals surface area contributed by atoms with Crippen LogP contribution in [-0.2, 0) is 12.1 Å². The van der Waals surface area contributed by atoms with Crippen molar-refractivity contribution in [2.45, 2.75) is 32.2 Å². The molecule has 1 aromatic heterocycles. The monoisotopic (exact) mass is 476 g/mol. The topological polar surface area (TPSA) is 80.0 Å². The average molecular weight is 476 g/mol. The molecule has 6 nitrogen and oxygen atoms in total. The van der Waals surface area contributed by atoms with Crippen molar-refractivity contribution >= 4 is 11.6 Å². The van der Waals surface area contributed by atoms with Gasteiger partial charge in [-0.1, -0.05) is 0 Å². The number of alkyl halides is 3. The summed E-state index contributed by atoms with van der Waals surface area (Å²) in [7, 11) is 0.